The van der Waals surface area contributed by atoms with Crippen LogP contribution in [-0.2, 0) is 9.59 Å². The number of nitrogens with two attached hydrogens (primary N) is 1. The summed E-state index contributed by atoms with van der Waals surface area (Å²) in [6, 6.07) is 3.85. The Morgan fingerprint density at radius 1 is 1.56 bits per heavy atom. The number of carbonyl (C=O) groups excluding carboxylic acids is 2. The lowest BCUT2D eigenvalue weighted by molar-refractivity contribution is -0.123. The molecular weight excluding hydrogens is 288 g/mol. The van der Waals surface area contributed by atoms with Crippen LogP contribution < -0.4 is 5.73 Å². The zero-order valence-electron chi connectivity index (χ0n) is 9.29. The fourth-order valence-corrected chi connectivity index (χ4v) is 3.45. The van der Waals surface area contributed by atoms with Crippen molar-refractivity contribution in [2.75, 3.05) is 6.54 Å². The van der Waals surface area contributed by atoms with E-state index in [4.69, 9.17) is 18.0 Å². The van der Waals surface area contributed by atoms with Gasteiger partial charge in [-0.25, -0.2) is 0 Å². The van der Waals surface area contributed by atoms with Crippen molar-refractivity contribution < 1.29 is 9.59 Å². The molecule has 2 N–H and O–H groups in total. The molecule has 0 spiro atoms. The second-order valence-electron chi connectivity index (χ2n) is 3.57. The minimum Gasteiger partial charge on any atom is -0.370 e. The van der Waals surface area contributed by atoms with Gasteiger partial charge in [0.2, 0.25) is 5.91 Å². The van der Waals surface area contributed by atoms with Crippen molar-refractivity contribution in [1.29, 1.82) is 0 Å². The van der Waals surface area contributed by atoms with Gasteiger partial charge in [-0.3, -0.25) is 14.5 Å². The van der Waals surface area contributed by atoms with E-state index < -0.39 is 5.91 Å². The summed E-state index contributed by atoms with van der Waals surface area (Å²) >= 11 is 7.93. The van der Waals surface area contributed by atoms with Crippen molar-refractivity contribution in [2.24, 2.45) is 5.73 Å². The van der Waals surface area contributed by atoms with Crippen LogP contribution in [0.15, 0.2) is 22.4 Å². The van der Waals surface area contributed by atoms with E-state index in [1.165, 1.54) is 16.7 Å². The van der Waals surface area contributed by atoms with E-state index in [0.29, 0.717) is 9.23 Å². The number of thiophene rings is 1. The van der Waals surface area contributed by atoms with E-state index in [-0.39, 0.29) is 18.9 Å². The zero-order valence-corrected chi connectivity index (χ0v) is 11.7. The number of primary amides is 1. The molecule has 2 heterocycles. The van der Waals surface area contributed by atoms with E-state index in [0.717, 1.165) is 4.88 Å². The largest absolute Gasteiger partial charge is 0.370 e. The van der Waals surface area contributed by atoms with Crippen molar-refractivity contribution >= 4 is 57.5 Å². The monoisotopic (exact) mass is 298 g/mol. The number of rotatable bonds is 4. The number of thiocarbonyl (C=S) groups is 1. The molecule has 2 amide bonds. The van der Waals surface area contributed by atoms with E-state index in [2.05, 4.69) is 0 Å². The van der Waals surface area contributed by atoms with E-state index >= 15 is 0 Å². The Morgan fingerprint density at radius 3 is 2.94 bits per heavy atom. The molecule has 0 aromatic carbocycles. The van der Waals surface area contributed by atoms with Crippen LogP contribution in [0.25, 0.3) is 6.08 Å². The van der Waals surface area contributed by atoms with Crippen molar-refractivity contribution in [3.8, 4) is 0 Å². The van der Waals surface area contributed by atoms with Crippen LogP contribution in [0.5, 0.6) is 0 Å². The lowest BCUT2D eigenvalue weighted by atomic mass is 10.3. The molecule has 18 heavy (non-hydrogen) atoms. The summed E-state index contributed by atoms with van der Waals surface area (Å²) < 4.78 is 0.476. The number of hydrogen-bond donors (Lipinski definition) is 1. The lowest BCUT2D eigenvalue weighted by Crippen LogP contribution is -2.31. The van der Waals surface area contributed by atoms with Gasteiger partial charge in [0.15, 0.2) is 0 Å². The van der Waals surface area contributed by atoms with Gasteiger partial charge in [-0.05, 0) is 17.5 Å². The van der Waals surface area contributed by atoms with Crippen LogP contribution in [0.1, 0.15) is 11.3 Å². The molecule has 1 saturated heterocycles. The summed E-state index contributed by atoms with van der Waals surface area (Å²) in [6.45, 7) is 0.252. The van der Waals surface area contributed by atoms with Gasteiger partial charge in [-0.15, -0.1) is 11.3 Å². The molecule has 1 fully saturated rings. The fourth-order valence-electron chi connectivity index (χ4n) is 1.42. The molecule has 2 rings (SSSR count). The van der Waals surface area contributed by atoms with Crippen molar-refractivity contribution in [3.63, 3.8) is 0 Å². The van der Waals surface area contributed by atoms with Crippen LogP contribution in [-0.4, -0.2) is 27.6 Å². The molecule has 0 atom stereocenters. The van der Waals surface area contributed by atoms with Crippen LogP contribution >= 0.6 is 35.3 Å². The highest BCUT2D eigenvalue weighted by atomic mass is 32.2. The van der Waals surface area contributed by atoms with Gasteiger partial charge in [-0.1, -0.05) is 30.0 Å². The second-order valence-corrected chi connectivity index (χ2v) is 6.22. The molecule has 0 saturated carbocycles. The third-order valence-corrected chi connectivity index (χ3v) is 4.47. The van der Waals surface area contributed by atoms with Crippen molar-refractivity contribution in [3.05, 3.63) is 27.3 Å². The average Bonchev–Trinajstić information content (AvgIpc) is 2.88. The fraction of sp³-hybridized carbons (Fsp3) is 0.182. The molecule has 1 aromatic rings. The van der Waals surface area contributed by atoms with Gasteiger partial charge in [0.25, 0.3) is 5.91 Å². The quantitative estimate of drug-likeness (QED) is 0.680. The minimum absolute atomic E-state index is 0.124. The Hall–Kier alpha value is -1.18. The molecule has 7 heteroatoms. The summed E-state index contributed by atoms with van der Waals surface area (Å²) in [7, 11) is 0. The molecule has 1 aliphatic heterocycles. The maximum absolute atomic E-state index is 12.1. The molecule has 0 bridgehead atoms. The maximum Gasteiger partial charge on any atom is 0.266 e. The molecule has 0 radical (unpaired) electrons. The standard InChI is InChI=1S/C11H10N2O2S3/c12-9(14)3-4-13-10(15)8(18-11(13)16)6-7-2-1-5-17-7/h1-2,5-6H,3-4H2,(H2,12,14)/b8-6+. The SMILES string of the molecule is NC(=O)CCN1C(=O)/C(=C\c2cccs2)SC1=S. The first-order valence-electron chi connectivity index (χ1n) is 5.15. The number of nitrogens with zero attached hydrogens (tertiary/aromatic N) is 1. The summed E-state index contributed by atoms with van der Waals surface area (Å²) in [5, 5.41) is 1.94. The molecule has 0 aliphatic carbocycles. The lowest BCUT2D eigenvalue weighted by Gasteiger charge is -2.12. The Labute approximate surface area is 118 Å². The van der Waals surface area contributed by atoms with E-state index in [1.54, 1.807) is 11.3 Å². The van der Waals surface area contributed by atoms with Crippen molar-refractivity contribution in [2.45, 2.75) is 6.42 Å². The predicted molar refractivity (Wildman–Crippen MR) is 78.0 cm³/mol. The summed E-state index contributed by atoms with van der Waals surface area (Å²) in [5.74, 6) is -0.592. The zero-order chi connectivity index (χ0) is 13.1. The van der Waals surface area contributed by atoms with Gasteiger partial charge >= 0.3 is 0 Å². The number of carbonyl (C=O) groups is 2. The third-order valence-electron chi connectivity index (χ3n) is 2.27. The normalized spacial score (nSPS) is 17.8. The van der Waals surface area contributed by atoms with Crippen LogP contribution in [0, 0.1) is 0 Å². The van der Waals surface area contributed by atoms with Gasteiger partial charge in [0.1, 0.15) is 4.32 Å². The third kappa shape index (κ3) is 2.98. The highest BCUT2D eigenvalue weighted by Crippen LogP contribution is 2.33. The smallest absolute Gasteiger partial charge is 0.266 e. The maximum atomic E-state index is 12.1. The van der Waals surface area contributed by atoms with Crippen LogP contribution in [0.3, 0.4) is 0 Å². The Kier molecular flexibility index (Phi) is 4.15. The highest BCUT2D eigenvalue weighted by molar-refractivity contribution is 8.26. The van der Waals surface area contributed by atoms with E-state index in [9.17, 15) is 9.59 Å². The minimum atomic E-state index is -0.439. The topological polar surface area (TPSA) is 63.4 Å². The van der Waals surface area contributed by atoms with Gasteiger partial charge < -0.3 is 5.73 Å². The van der Waals surface area contributed by atoms with Gasteiger partial charge in [0, 0.05) is 17.8 Å². The first kappa shape index (κ1) is 13.3. The first-order valence-corrected chi connectivity index (χ1v) is 7.25. The number of thioether (sulfide) groups is 1. The molecule has 1 aromatic heterocycles. The molecule has 4 nitrogen and oxygen atoms in total. The molecular formula is C11H10N2O2S3. The number of hydrogen-bond acceptors (Lipinski definition) is 5. The molecule has 94 valence electrons. The van der Waals surface area contributed by atoms with Crippen LogP contribution in [0.4, 0.5) is 0 Å². The summed E-state index contributed by atoms with van der Waals surface area (Å²) in [4.78, 5) is 25.8. The number of amides is 2. The summed E-state index contributed by atoms with van der Waals surface area (Å²) in [6.07, 6.45) is 1.94. The van der Waals surface area contributed by atoms with Crippen molar-refractivity contribution in [1.82, 2.24) is 4.90 Å². The Morgan fingerprint density at radius 2 is 2.33 bits per heavy atom. The van der Waals surface area contributed by atoms with Crippen LogP contribution in [0.2, 0.25) is 0 Å². The Bertz CT molecular complexity index is 522. The highest BCUT2D eigenvalue weighted by Gasteiger charge is 2.31. The first-order chi connectivity index (χ1) is 8.58. The summed E-state index contributed by atoms with van der Waals surface area (Å²) in [5.41, 5.74) is 5.07. The average molecular weight is 298 g/mol. The van der Waals surface area contributed by atoms with Gasteiger partial charge in [0.05, 0.1) is 4.91 Å². The molecule has 0 unspecified atom stereocenters. The van der Waals surface area contributed by atoms with E-state index in [1.807, 2.05) is 23.6 Å². The second kappa shape index (κ2) is 5.64. The predicted octanol–water partition coefficient (Wildman–Crippen LogP) is 1.82. The Balaban J connectivity index is 2.11. The van der Waals surface area contributed by atoms with Gasteiger partial charge in [-0.2, -0.15) is 0 Å². The molecule has 1 aliphatic rings.